The first-order valence-corrected chi connectivity index (χ1v) is 6.83. The molecule has 18 heavy (non-hydrogen) atoms. The van der Waals surface area contributed by atoms with Crippen molar-refractivity contribution in [1.82, 2.24) is 5.32 Å². The van der Waals surface area contributed by atoms with Gasteiger partial charge >= 0.3 is 0 Å². The Morgan fingerprint density at radius 2 is 2.28 bits per heavy atom. The van der Waals surface area contributed by atoms with Gasteiger partial charge in [-0.1, -0.05) is 18.2 Å². The van der Waals surface area contributed by atoms with Crippen LogP contribution in [0.1, 0.15) is 19.4 Å². The average Bonchev–Trinajstić information content (AvgIpc) is 2.80. The van der Waals surface area contributed by atoms with Crippen LogP contribution < -0.4 is 5.32 Å². The van der Waals surface area contributed by atoms with E-state index in [0.717, 1.165) is 6.42 Å². The first kappa shape index (κ1) is 13.0. The minimum absolute atomic E-state index is 0.0273. The highest BCUT2D eigenvalue weighted by molar-refractivity contribution is 8.01. The molecule has 4 heteroatoms. The van der Waals surface area contributed by atoms with Crippen LogP contribution in [0.25, 0.3) is 0 Å². The Balaban J connectivity index is 1.92. The molecule has 0 bridgehead atoms. The van der Waals surface area contributed by atoms with Gasteiger partial charge in [-0.05, 0) is 31.9 Å². The number of thioether (sulfide) groups is 1. The Labute approximate surface area is 112 Å². The van der Waals surface area contributed by atoms with E-state index in [1.807, 2.05) is 32.0 Å². The summed E-state index contributed by atoms with van der Waals surface area (Å²) in [6, 6.07) is 10.3. The maximum Gasteiger partial charge on any atom is 0.233 e. The lowest BCUT2D eigenvalue weighted by Gasteiger charge is -2.17. The monoisotopic (exact) mass is 260 g/mol. The molecular formula is C14H16N2OS. The largest absolute Gasteiger partial charge is 0.354 e. The van der Waals surface area contributed by atoms with Crippen molar-refractivity contribution in [2.45, 2.75) is 30.4 Å². The van der Waals surface area contributed by atoms with Gasteiger partial charge in [0.05, 0.1) is 16.7 Å². The summed E-state index contributed by atoms with van der Waals surface area (Å²) in [6.45, 7) is 4.05. The Morgan fingerprint density at radius 3 is 2.94 bits per heavy atom. The number of rotatable bonds is 3. The van der Waals surface area contributed by atoms with Gasteiger partial charge in [-0.2, -0.15) is 5.26 Å². The molecule has 1 amide bonds. The van der Waals surface area contributed by atoms with E-state index in [-0.39, 0.29) is 11.2 Å². The predicted octanol–water partition coefficient (Wildman–Crippen LogP) is 2.37. The maximum absolute atomic E-state index is 12.0. The molecule has 0 saturated heterocycles. The summed E-state index contributed by atoms with van der Waals surface area (Å²) in [5, 5.41) is 11.7. The molecule has 94 valence electrons. The maximum atomic E-state index is 12.0. The normalized spacial score (nSPS) is 17.9. The van der Waals surface area contributed by atoms with Gasteiger partial charge in [-0.3, -0.25) is 4.79 Å². The summed E-state index contributed by atoms with van der Waals surface area (Å²) in [5.41, 5.74) is 0.730. The van der Waals surface area contributed by atoms with Crippen LogP contribution in [0, 0.1) is 16.7 Å². The number of carbonyl (C=O) groups excluding carboxylic acids is 1. The number of benzene rings is 1. The minimum Gasteiger partial charge on any atom is -0.354 e. The molecule has 1 unspecified atom stereocenters. The Morgan fingerprint density at radius 1 is 1.56 bits per heavy atom. The van der Waals surface area contributed by atoms with E-state index >= 15 is 0 Å². The van der Waals surface area contributed by atoms with E-state index in [2.05, 4.69) is 17.5 Å². The van der Waals surface area contributed by atoms with Gasteiger partial charge in [-0.15, -0.1) is 11.8 Å². The SMILES string of the molecule is CC(C)(C#N)CNC(=O)C1Cc2ccccc2S1. The van der Waals surface area contributed by atoms with E-state index in [0.29, 0.717) is 6.54 Å². The van der Waals surface area contributed by atoms with Crippen LogP contribution in [0.2, 0.25) is 0 Å². The van der Waals surface area contributed by atoms with E-state index < -0.39 is 5.41 Å². The number of nitriles is 1. The predicted molar refractivity (Wildman–Crippen MR) is 72.2 cm³/mol. The fraction of sp³-hybridized carbons (Fsp3) is 0.429. The van der Waals surface area contributed by atoms with Crippen molar-refractivity contribution in [2.75, 3.05) is 6.54 Å². The molecule has 1 heterocycles. The van der Waals surface area contributed by atoms with E-state index in [1.54, 1.807) is 11.8 Å². The summed E-state index contributed by atoms with van der Waals surface area (Å²) in [6.07, 6.45) is 0.777. The van der Waals surface area contributed by atoms with Crippen molar-refractivity contribution in [1.29, 1.82) is 5.26 Å². The number of amides is 1. The fourth-order valence-electron chi connectivity index (χ4n) is 1.79. The van der Waals surface area contributed by atoms with Gasteiger partial charge in [0.1, 0.15) is 0 Å². The number of fused-ring (bicyclic) bond motifs is 1. The molecule has 0 saturated carbocycles. The molecule has 1 aromatic rings. The number of hydrogen-bond acceptors (Lipinski definition) is 3. The number of nitrogens with zero attached hydrogens (tertiary/aromatic N) is 1. The highest BCUT2D eigenvalue weighted by Gasteiger charge is 2.29. The molecule has 1 atom stereocenters. The second-order valence-corrected chi connectivity index (χ2v) is 6.38. The molecule has 2 rings (SSSR count). The number of carbonyl (C=O) groups is 1. The second kappa shape index (κ2) is 5.03. The molecule has 1 aromatic carbocycles. The van der Waals surface area contributed by atoms with Crippen molar-refractivity contribution in [3.63, 3.8) is 0 Å². The molecule has 0 fully saturated rings. The van der Waals surface area contributed by atoms with Gasteiger partial charge in [0, 0.05) is 11.4 Å². The zero-order valence-corrected chi connectivity index (χ0v) is 11.4. The molecule has 1 aliphatic rings. The quantitative estimate of drug-likeness (QED) is 0.907. The number of nitrogens with one attached hydrogen (secondary N) is 1. The third-order valence-corrected chi connectivity index (χ3v) is 4.26. The van der Waals surface area contributed by atoms with Crippen LogP contribution in [0.4, 0.5) is 0 Å². The Hall–Kier alpha value is -1.47. The van der Waals surface area contributed by atoms with Crippen LogP contribution in [0.3, 0.4) is 0 Å². The third kappa shape index (κ3) is 2.85. The van der Waals surface area contributed by atoms with Gasteiger partial charge < -0.3 is 5.32 Å². The van der Waals surface area contributed by atoms with E-state index in [9.17, 15) is 4.79 Å². The lowest BCUT2D eigenvalue weighted by molar-refractivity contribution is -0.120. The molecule has 0 aromatic heterocycles. The molecule has 0 spiro atoms. The molecule has 0 aliphatic carbocycles. The molecule has 1 N–H and O–H groups in total. The van der Waals surface area contributed by atoms with Gasteiger partial charge in [-0.25, -0.2) is 0 Å². The molecule has 3 nitrogen and oxygen atoms in total. The standard InChI is InChI=1S/C14H16N2OS/c1-14(2,8-15)9-16-13(17)12-7-10-5-3-4-6-11(10)18-12/h3-6,12H,7,9H2,1-2H3,(H,16,17). The Kier molecular flexibility index (Phi) is 3.63. The van der Waals surface area contributed by atoms with Gasteiger partial charge in [0.25, 0.3) is 0 Å². The van der Waals surface area contributed by atoms with Gasteiger partial charge in [0.15, 0.2) is 0 Å². The fourth-order valence-corrected chi connectivity index (χ4v) is 3.01. The lowest BCUT2D eigenvalue weighted by atomic mass is 9.96. The van der Waals surface area contributed by atoms with Crippen LogP contribution in [-0.4, -0.2) is 17.7 Å². The zero-order valence-electron chi connectivity index (χ0n) is 10.6. The lowest BCUT2D eigenvalue weighted by Crippen LogP contribution is -2.38. The zero-order chi connectivity index (χ0) is 13.2. The van der Waals surface area contributed by atoms with Crippen molar-refractivity contribution >= 4 is 17.7 Å². The van der Waals surface area contributed by atoms with E-state index in [4.69, 9.17) is 5.26 Å². The van der Waals surface area contributed by atoms with Crippen LogP contribution >= 0.6 is 11.8 Å². The van der Waals surface area contributed by atoms with Crippen molar-refractivity contribution in [3.8, 4) is 6.07 Å². The second-order valence-electron chi connectivity index (χ2n) is 5.13. The first-order valence-electron chi connectivity index (χ1n) is 5.95. The first-order chi connectivity index (χ1) is 8.52. The highest BCUT2D eigenvalue weighted by atomic mass is 32.2. The van der Waals surface area contributed by atoms with Crippen molar-refractivity contribution < 1.29 is 4.79 Å². The molecular weight excluding hydrogens is 244 g/mol. The smallest absolute Gasteiger partial charge is 0.233 e. The molecule has 0 radical (unpaired) electrons. The summed E-state index contributed by atoms with van der Waals surface area (Å²) in [4.78, 5) is 13.2. The van der Waals surface area contributed by atoms with Crippen LogP contribution in [0.15, 0.2) is 29.2 Å². The summed E-state index contributed by atoms with van der Waals surface area (Å²) >= 11 is 1.61. The highest BCUT2D eigenvalue weighted by Crippen LogP contribution is 2.36. The van der Waals surface area contributed by atoms with Gasteiger partial charge in [0.2, 0.25) is 5.91 Å². The molecule has 1 aliphatic heterocycles. The third-order valence-electron chi connectivity index (χ3n) is 2.95. The van der Waals surface area contributed by atoms with Crippen molar-refractivity contribution in [2.24, 2.45) is 5.41 Å². The minimum atomic E-state index is -0.508. The summed E-state index contributed by atoms with van der Waals surface area (Å²) < 4.78 is 0. The van der Waals surface area contributed by atoms with Crippen LogP contribution in [0.5, 0.6) is 0 Å². The summed E-state index contributed by atoms with van der Waals surface area (Å²) in [7, 11) is 0. The van der Waals surface area contributed by atoms with Crippen LogP contribution in [-0.2, 0) is 11.2 Å². The number of hydrogen-bond donors (Lipinski definition) is 1. The topological polar surface area (TPSA) is 52.9 Å². The average molecular weight is 260 g/mol. The summed E-state index contributed by atoms with van der Waals surface area (Å²) in [5.74, 6) is 0.0273. The Bertz CT molecular complexity index is 480. The van der Waals surface area contributed by atoms with Crippen molar-refractivity contribution in [3.05, 3.63) is 29.8 Å². The van der Waals surface area contributed by atoms with E-state index in [1.165, 1.54) is 10.5 Å².